The normalized spacial score (nSPS) is 25.0. The number of rotatable bonds is 7. The van der Waals surface area contributed by atoms with Crippen molar-refractivity contribution in [1.29, 1.82) is 0 Å². The standard InChI is InChI=1S/C18H27NO3/c1-20-18-7-3-2-5-16(18)12-19(11-15-8-10-21-14-15)13-17-6-4-9-22-17/h2-3,5,7,15,17H,4,6,8-14H2,1H3/t15-,17+/m0/s1. The van der Waals surface area contributed by atoms with Crippen LogP contribution in [0.25, 0.3) is 0 Å². The van der Waals surface area contributed by atoms with Gasteiger partial charge in [0, 0.05) is 38.4 Å². The van der Waals surface area contributed by atoms with E-state index < -0.39 is 0 Å². The predicted octanol–water partition coefficient (Wildman–Crippen LogP) is 2.71. The van der Waals surface area contributed by atoms with Crippen LogP contribution in [0.15, 0.2) is 24.3 Å². The maximum Gasteiger partial charge on any atom is 0.123 e. The van der Waals surface area contributed by atoms with Gasteiger partial charge in [0.2, 0.25) is 0 Å². The van der Waals surface area contributed by atoms with Crippen molar-refractivity contribution in [3.05, 3.63) is 29.8 Å². The van der Waals surface area contributed by atoms with E-state index in [2.05, 4.69) is 17.0 Å². The molecule has 122 valence electrons. The molecule has 4 heteroatoms. The van der Waals surface area contributed by atoms with Gasteiger partial charge in [-0.3, -0.25) is 4.90 Å². The first-order valence-electron chi connectivity index (χ1n) is 8.38. The van der Waals surface area contributed by atoms with Crippen LogP contribution in [0.1, 0.15) is 24.8 Å². The average molecular weight is 305 g/mol. The number of hydrogen-bond donors (Lipinski definition) is 0. The Morgan fingerprint density at radius 3 is 2.82 bits per heavy atom. The lowest BCUT2D eigenvalue weighted by Crippen LogP contribution is -2.35. The SMILES string of the molecule is COc1ccccc1CN(C[C@@H]1CCOC1)C[C@H]1CCCO1. The highest BCUT2D eigenvalue weighted by molar-refractivity contribution is 5.33. The van der Waals surface area contributed by atoms with Crippen molar-refractivity contribution >= 4 is 0 Å². The van der Waals surface area contributed by atoms with Gasteiger partial charge in [0.25, 0.3) is 0 Å². The molecule has 0 unspecified atom stereocenters. The van der Waals surface area contributed by atoms with Gasteiger partial charge >= 0.3 is 0 Å². The van der Waals surface area contributed by atoms with Gasteiger partial charge in [-0.25, -0.2) is 0 Å². The predicted molar refractivity (Wildman–Crippen MR) is 86.2 cm³/mol. The Kier molecular flexibility index (Phi) is 5.70. The summed E-state index contributed by atoms with van der Waals surface area (Å²) in [7, 11) is 1.74. The van der Waals surface area contributed by atoms with E-state index >= 15 is 0 Å². The molecule has 0 N–H and O–H groups in total. The number of benzene rings is 1. The largest absolute Gasteiger partial charge is 0.496 e. The van der Waals surface area contributed by atoms with E-state index in [-0.39, 0.29) is 0 Å². The van der Waals surface area contributed by atoms with Crippen LogP contribution in [0.4, 0.5) is 0 Å². The van der Waals surface area contributed by atoms with Crippen molar-refractivity contribution in [2.75, 3.05) is 40.0 Å². The Hall–Kier alpha value is -1.10. The van der Waals surface area contributed by atoms with Crippen LogP contribution < -0.4 is 4.74 Å². The van der Waals surface area contributed by atoms with Crippen LogP contribution in [0.2, 0.25) is 0 Å². The zero-order valence-electron chi connectivity index (χ0n) is 13.5. The lowest BCUT2D eigenvalue weighted by molar-refractivity contribution is 0.0628. The molecule has 0 radical (unpaired) electrons. The van der Waals surface area contributed by atoms with Crippen molar-refractivity contribution in [2.45, 2.75) is 31.9 Å². The Labute approximate surface area is 133 Å². The second-order valence-corrected chi connectivity index (χ2v) is 6.37. The van der Waals surface area contributed by atoms with Crippen molar-refractivity contribution < 1.29 is 14.2 Å². The van der Waals surface area contributed by atoms with Crippen LogP contribution in [-0.2, 0) is 16.0 Å². The maximum absolute atomic E-state index is 5.84. The zero-order chi connectivity index (χ0) is 15.2. The Morgan fingerprint density at radius 1 is 1.18 bits per heavy atom. The van der Waals surface area contributed by atoms with Gasteiger partial charge in [0.05, 0.1) is 19.8 Å². The van der Waals surface area contributed by atoms with E-state index in [4.69, 9.17) is 14.2 Å². The van der Waals surface area contributed by atoms with E-state index in [0.29, 0.717) is 12.0 Å². The average Bonchev–Trinajstić information content (AvgIpc) is 3.21. The van der Waals surface area contributed by atoms with E-state index in [1.165, 1.54) is 24.8 Å². The molecule has 0 bridgehead atoms. The molecule has 0 spiro atoms. The van der Waals surface area contributed by atoms with Gasteiger partial charge in [0.1, 0.15) is 5.75 Å². The molecule has 2 aliphatic heterocycles. The summed E-state index contributed by atoms with van der Waals surface area (Å²) < 4.78 is 16.9. The Bertz CT molecular complexity index is 435. The van der Waals surface area contributed by atoms with Gasteiger partial charge in [-0.15, -0.1) is 0 Å². The molecule has 2 heterocycles. The molecule has 0 amide bonds. The quantitative estimate of drug-likeness (QED) is 0.775. The van der Waals surface area contributed by atoms with E-state index in [1.807, 2.05) is 12.1 Å². The lowest BCUT2D eigenvalue weighted by Gasteiger charge is -2.28. The van der Waals surface area contributed by atoms with Gasteiger partial charge in [-0.2, -0.15) is 0 Å². The van der Waals surface area contributed by atoms with Crippen LogP contribution in [0.3, 0.4) is 0 Å². The third-order valence-corrected chi connectivity index (χ3v) is 4.61. The molecule has 2 saturated heterocycles. The van der Waals surface area contributed by atoms with Crippen LogP contribution >= 0.6 is 0 Å². The summed E-state index contributed by atoms with van der Waals surface area (Å²) in [5, 5.41) is 0. The number of hydrogen-bond acceptors (Lipinski definition) is 4. The number of para-hydroxylation sites is 1. The fourth-order valence-corrected chi connectivity index (χ4v) is 3.45. The summed E-state index contributed by atoms with van der Waals surface area (Å²) in [6.07, 6.45) is 3.94. The second kappa shape index (κ2) is 7.95. The summed E-state index contributed by atoms with van der Waals surface area (Å²) in [4.78, 5) is 2.52. The van der Waals surface area contributed by atoms with Gasteiger partial charge in [0.15, 0.2) is 0 Å². The second-order valence-electron chi connectivity index (χ2n) is 6.37. The summed E-state index contributed by atoms with van der Waals surface area (Å²) in [6.45, 7) is 5.73. The van der Waals surface area contributed by atoms with Crippen LogP contribution in [0.5, 0.6) is 5.75 Å². The third-order valence-electron chi connectivity index (χ3n) is 4.61. The molecule has 0 aliphatic carbocycles. The first-order valence-corrected chi connectivity index (χ1v) is 8.38. The maximum atomic E-state index is 5.84. The molecule has 3 rings (SSSR count). The third kappa shape index (κ3) is 4.22. The van der Waals surface area contributed by atoms with E-state index in [9.17, 15) is 0 Å². The monoisotopic (exact) mass is 305 g/mol. The van der Waals surface area contributed by atoms with Gasteiger partial charge in [-0.05, 0) is 31.2 Å². The smallest absolute Gasteiger partial charge is 0.123 e. The molecule has 2 atom stereocenters. The fraction of sp³-hybridized carbons (Fsp3) is 0.667. The van der Waals surface area contributed by atoms with Crippen molar-refractivity contribution in [3.8, 4) is 5.75 Å². The van der Waals surface area contributed by atoms with Crippen molar-refractivity contribution in [3.63, 3.8) is 0 Å². The molecule has 2 fully saturated rings. The molecule has 1 aromatic rings. The van der Waals surface area contributed by atoms with Gasteiger partial charge in [-0.1, -0.05) is 18.2 Å². The lowest BCUT2D eigenvalue weighted by atomic mass is 10.1. The number of nitrogens with zero attached hydrogens (tertiary/aromatic N) is 1. The van der Waals surface area contributed by atoms with Gasteiger partial charge < -0.3 is 14.2 Å². The summed E-state index contributed by atoms with van der Waals surface area (Å²) >= 11 is 0. The first kappa shape index (κ1) is 15.8. The summed E-state index contributed by atoms with van der Waals surface area (Å²) in [5.41, 5.74) is 1.25. The molecule has 0 saturated carbocycles. The van der Waals surface area contributed by atoms with E-state index in [1.54, 1.807) is 7.11 Å². The summed E-state index contributed by atoms with van der Waals surface area (Å²) in [6, 6.07) is 8.31. The summed E-state index contributed by atoms with van der Waals surface area (Å²) in [5.74, 6) is 1.62. The topological polar surface area (TPSA) is 30.9 Å². The molecular formula is C18H27NO3. The minimum Gasteiger partial charge on any atom is -0.496 e. The number of ether oxygens (including phenoxy) is 3. The van der Waals surface area contributed by atoms with Crippen LogP contribution in [-0.4, -0.2) is 51.0 Å². The minimum atomic E-state index is 0.386. The first-order chi connectivity index (χ1) is 10.8. The molecule has 4 nitrogen and oxygen atoms in total. The molecule has 22 heavy (non-hydrogen) atoms. The fourth-order valence-electron chi connectivity index (χ4n) is 3.45. The Balaban J connectivity index is 1.65. The molecular weight excluding hydrogens is 278 g/mol. The molecule has 1 aromatic carbocycles. The van der Waals surface area contributed by atoms with Crippen molar-refractivity contribution in [1.82, 2.24) is 4.90 Å². The van der Waals surface area contributed by atoms with Crippen molar-refractivity contribution in [2.24, 2.45) is 5.92 Å². The van der Waals surface area contributed by atoms with Crippen LogP contribution in [0, 0.1) is 5.92 Å². The number of methoxy groups -OCH3 is 1. The molecule has 0 aromatic heterocycles. The minimum absolute atomic E-state index is 0.386. The Morgan fingerprint density at radius 2 is 2.09 bits per heavy atom. The van der Waals surface area contributed by atoms with E-state index in [0.717, 1.165) is 45.2 Å². The highest BCUT2D eigenvalue weighted by Gasteiger charge is 2.24. The highest BCUT2D eigenvalue weighted by Crippen LogP contribution is 2.23. The highest BCUT2D eigenvalue weighted by atomic mass is 16.5. The molecule has 2 aliphatic rings. The zero-order valence-corrected chi connectivity index (χ0v) is 13.5.